The molecule has 0 spiro atoms. The van der Waals surface area contributed by atoms with Gasteiger partial charge in [0.25, 0.3) is 0 Å². The van der Waals surface area contributed by atoms with Crippen molar-refractivity contribution in [2.24, 2.45) is 0 Å². The number of nitrogens with one attached hydrogen (secondary N) is 1. The van der Waals surface area contributed by atoms with Crippen molar-refractivity contribution in [1.29, 1.82) is 0 Å². The van der Waals surface area contributed by atoms with Crippen molar-refractivity contribution in [3.63, 3.8) is 0 Å². The summed E-state index contributed by atoms with van der Waals surface area (Å²) in [4.78, 5) is 0. The van der Waals surface area contributed by atoms with Gasteiger partial charge in [0.1, 0.15) is 5.75 Å². The Kier molecular flexibility index (Phi) is 3.19. The van der Waals surface area contributed by atoms with E-state index in [1.807, 2.05) is 30.0 Å². The summed E-state index contributed by atoms with van der Waals surface area (Å²) in [6.45, 7) is 0. The molecule has 0 unspecified atom stereocenters. The van der Waals surface area contributed by atoms with Crippen LogP contribution in [0, 0.1) is 0 Å². The summed E-state index contributed by atoms with van der Waals surface area (Å²) in [6.07, 6.45) is 1.27. The first kappa shape index (κ1) is 9.71. The average molecular weight is 209 g/mol. The number of benzene rings is 1. The Hall–Kier alpha value is -0.830. The van der Waals surface area contributed by atoms with Crippen LogP contribution in [0.2, 0.25) is 0 Å². The summed E-state index contributed by atoms with van der Waals surface area (Å²) in [7, 11) is 1.70. The molecule has 14 heavy (non-hydrogen) atoms. The van der Waals surface area contributed by atoms with E-state index in [0.29, 0.717) is 6.04 Å². The van der Waals surface area contributed by atoms with Crippen LogP contribution in [0.5, 0.6) is 5.75 Å². The van der Waals surface area contributed by atoms with E-state index in [1.54, 1.807) is 7.11 Å². The lowest BCUT2D eigenvalue weighted by Gasteiger charge is -2.13. The fourth-order valence-corrected chi connectivity index (χ4v) is 2.75. The second-order valence-electron chi connectivity index (χ2n) is 3.44. The van der Waals surface area contributed by atoms with Gasteiger partial charge in [-0.15, -0.1) is 0 Å². The van der Waals surface area contributed by atoms with E-state index in [2.05, 4.69) is 11.4 Å². The lowest BCUT2D eigenvalue weighted by Crippen LogP contribution is -2.17. The van der Waals surface area contributed by atoms with E-state index in [-0.39, 0.29) is 0 Å². The number of rotatable bonds is 3. The molecule has 1 saturated heterocycles. The van der Waals surface area contributed by atoms with Gasteiger partial charge in [0, 0.05) is 23.5 Å². The summed E-state index contributed by atoms with van der Waals surface area (Å²) >= 11 is 2.02. The molecule has 0 saturated carbocycles. The van der Waals surface area contributed by atoms with Gasteiger partial charge >= 0.3 is 0 Å². The molecule has 0 aliphatic carbocycles. The van der Waals surface area contributed by atoms with Crippen molar-refractivity contribution in [2.45, 2.75) is 12.5 Å². The highest BCUT2D eigenvalue weighted by atomic mass is 32.2. The molecule has 0 bridgehead atoms. The molecule has 1 aliphatic rings. The molecule has 2 rings (SSSR count). The molecule has 76 valence electrons. The van der Waals surface area contributed by atoms with Crippen LogP contribution in [0.25, 0.3) is 0 Å². The minimum absolute atomic E-state index is 0.632. The van der Waals surface area contributed by atoms with Gasteiger partial charge in [-0.05, 0) is 24.3 Å². The number of hydrogen-bond acceptors (Lipinski definition) is 3. The van der Waals surface area contributed by atoms with Gasteiger partial charge < -0.3 is 10.1 Å². The Morgan fingerprint density at radius 2 is 2.43 bits per heavy atom. The molecular formula is C11H15NOS. The monoisotopic (exact) mass is 209 g/mol. The van der Waals surface area contributed by atoms with Gasteiger partial charge in [0.15, 0.2) is 0 Å². The van der Waals surface area contributed by atoms with Gasteiger partial charge in [0.05, 0.1) is 7.11 Å². The number of hydrogen-bond donors (Lipinski definition) is 1. The molecule has 1 aromatic rings. The number of ether oxygens (including phenoxy) is 1. The highest BCUT2D eigenvalue weighted by Gasteiger charge is 2.14. The summed E-state index contributed by atoms with van der Waals surface area (Å²) in [6, 6.07) is 8.75. The summed E-state index contributed by atoms with van der Waals surface area (Å²) in [5.41, 5.74) is 1.16. The van der Waals surface area contributed by atoms with Gasteiger partial charge in [-0.2, -0.15) is 11.8 Å². The van der Waals surface area contributed by atoms with Gasteiger partial charge in [-0.25, -0.2) is 0 Å². The third-order valence-corrected chi connectivity index (χ3v) is 3.53. The smallest absolute Gasteiger partial charge is 0.120 e. The normalized spacial score (nSPS) is 20.8. The highest BCUT2D eigenvalue weighted by molar-refractivity contribution is 7.99. The van der Waals surface area contributed by atoms with Crippen LogP contribution < -0.4 is 10.1 Å². The number of thioether (sulfide) groups is 1. The van der Waals surface area contributed by atoms with Crippen molar-refractivity contribution in [3.8, 4) is 5.75 Å². The minimum atomic E-state index is 0.632. The predicted octanol–water partition coefficient (Wildman–Crippen LogP) is 2.61. The van der Waals surface area contributed by atoms with E-state index in [9.17, 15) is 0 Å². The standard InChI is InChI=1S/C11H15NOS/c1-13-11-4-2-3-9(7-11)12-10-5-6-14-8-10/h2-4,7,10,12H,5-6,8H2,1H3/t10-/m0/s1. The molecule has 2 nitrogen and oxygen atoms in total. The van der Waals surface area contributed by atoms with Crippen LogP contribution in [0.15, 0.2) is 24.3 Å². The molecule has 1 fully saturated rings. The Labute approximate surface area is 89.0 Å². The van der Waals surface area contributed by atoms with Crippen LogP contribution in [-0.4, -0.2) is 24.7 Å². The Morgan fingerprint density at radius 1 is 1.50 bits per heavy atom. The molecule has 1 atom stereocenters. The molecule has 1 heterocycles. The highest BCUT2D eigenvalue weighted by Crippen LogP contribution is 2.23. The van der Waals surface area contributed by atoms with E-state index < -0.39 is 0 Å². The van der Waals surface area contributed by atoms with Crippen LogP contribution >= 0.6 is 11.8 Å². The molecule has 0 aromatic heterocycles. The van der Waals surface area contributed by atoms with Gasteiger partial charge in [-0.3, -0.25) is 0 Å². The topological polar surface area (TPSA) is 21.3 Å². The molecule has 0 radical (unpaired) electrons. The molecule has 1 aliphatic heterocycles. The third-order valence-electron chi connectivity index (χ3n) is 2.37. The largest absolute Gasteiger partial charge is 0.497 e. The van der Waals surface area contributed by atoms with Crippen LogP contribution in [-0.2, 0) is 0 Å². The van der Waals surface area contributed by atoms with Crippen LogP contribution in [0.1, 0.15) is 6.42 Å². The fourth-order valence-electron chi connectivity index (χ4n) is 1.60. The quantitative estimate of drug-likeness (QED) is 0.827. The SMILES string of the molecule is COc1cccc(N[C@H]2CCSC2)c1. The van der Waals surface area contributed by atoms with E-state index in [4.69, 9.17) is 4.74 Å². The Balaban J connectivity index is 2.00. The zero-order valence-electron chi connectivity index (χ0n) is 8.32. The van der Waals surface area contributed by atoms with E-state index in [1.165, 1.54) is 17.9 Å². The first-order chi connectivity index (χ1) is 6.88. The maximum Gasteiger partial charge on any atom is 0.120 e. The van der Waals surface area contributed by atoms with Gasteiger partial charge in [0.2, 0.25) is 0 Å². The predicted molar refractivity (Wildman–Crippen MR) is 62.3 cm³/mol. The van der Waals surface area contributed by atoms with Crippen LogP contribution in [0.3, 0.4) is 0 Å². The third kappa shape index (κ3) is 2.35. The molecule has 3 heteroatoms. The first-order valence-electron chi connectivity index (χ1n) is 4.87. The molecule has 1 aromatic carbocycles. The lowest BCUT2D eigenvalue weighted by molar-refractivity contribution is 0.415. The van der Waals surface area contributed by atoms with Crippen molar-refractivity contribution in [1.82, 2.24) is 0 Å². The van der Waals surface area contributed by atoms with E-state index in [0.717, 1.165) is 11.4 Å². The fraction of sp³-hybridized carbons (Fsp3) is 0.455. The summed E-state index contributed by atoms with van der Waals surface area (Å²) < 4.78 is 5.17. The van der Waals surface area contributed by atoms with Gasteiger partial charge in [-0.1, -0.05) is 6.07 Å². The Bertz CT molecular complexity index is 297. The zero-order chi connectivity index (χ0) is 9.80. The second-order valence-corrected chi connectivity index (χ2v) is 4.59. The number of methoxy groups -OCH3 is 1. The Morgan fingerprint density at radius 3 is 3.14 bits per heavy atom. The van der Waals surface area contributed by atoms with Crippen LogP contribution in [0.4, 0.5) is 5.69 Å². The average Bonchev–Trinajstić information content (AvgIpc) is 2.71. The maximum absolute atomic E-state index is 5.17. The lowest BCUT2D eigenvalue weighted by atomic mass is 10.2. The minimum Gasteiger partial charge on any atom is -0.497 e. The molecule has 0 amide bonds. The summed E-state index contributed by atoms with van der Waals surface area (Å²) in [5.74, 6) is 3.42. The van der Waals surface area contributed by atoms with Crippen molar-refractivity contribution in [2.75, 3.05) is 23.9 Å². The second kappa shape index (κ2) is 4.60. The number of anilines is 1. The van der Waals surface area contributed by atoms with E-state index >= 15 is 0 Å². The van der Waals surface area contributed by atoms with Crippen molar-refractivity contribution in [3.05, 3.63) is 24.3 Å². The summed E-state index contributed by atoms with van der Waals surface area (Å²) in [5, 5.41) is 3.51. The first-order valence-corrected chi connectivity index (χ1v) is 6.02. The maximum atomic E-state index is 5.17. The molecular weight excluding hydrogens is 194 g/mol. The molecule has 1 N–H and O–H groups in total. The van der Waals surface area contributed by atoms with Crippen molar-refractivity contribution < 1.29 is 4.74 Å². The zero-order valence-corrected chi connectivity index (χ0v) is 9.14. The van der Waals surface area contributed by atoms with Crippen molar-refractivity contribution >= 4 is 17.4 Å².